The Balaban J connectivity index is 2.06. The van der Waals surface area contributed by atoms with E-state index in [-0.39, 0.29) is 0 Å². The lowest BCUT2D eigenvalue weighted by Gasteiger charge is -2.07. The first-order valence-corrected chi connectivity index (χ1v) is 6.72. The summed E-state index contributed by atoms with van der Waals surface area (Å²) >= 11 is 0. The van der Waals surface area contributed by atoms with Gasteiger partial charge >= 0.3 is 0 Å². The van der Waals surface area contributed by atoms with Crippen LogP contribution in [0.1, 0.15) is 12.0 Å². The lowest BCUT2D eigenvalue weighted by molar-refractivity contribution is 0.482. The van der Waals surface area contributed by atoms with Crippen molar-refractivity contribution in [3.63, 3.8) is 0 Å². The Bertz CT molecular complexity index is 453. The Morgan fingerprint density at radius 2 is 1.65 bits per heavy atom. The molecule has 2 aromatic carbocycles. The summed E-state index contributed by atoms with van der Waals surface area (Å²) < 4.78 is 5.79. The van der Waals surface area contributed by atoms with Crippen LogP contribution in [0.25, 0.3) is 0 Å². The second-order valence-corrected chi connectivity index (χ2v) is 4.53. The fourth-order valence-electron chi connectivity index (χ4n) is 1.70. The first-order chi connectivity index (χ1) is 8.38. The van der Waals surface area contributed by atoms with Crippen molar-refractivity contribution in [2.75, 3.05) is 6.16 Å². The summed E-state index contributed by atoms with van der Waals surface area (Å²) in [5, 5.41) is 0. The number of hydrogen-bond acceptors (Lipinski definition) is 1. The Morgan fingerprint density at radius 1 is 0.882 bits per heavy atom. The number of hydrogen-bond donors (Lipinski definition) is 0. The molecule has 0 saturated carbocycles. The first kappa shape index (κ1) is 12.1. The second-order valence-electron chi connectivity index (χ2n) is 3.95. The Hall–Kier alpha value is -1.33. The van der Waals surface area contributed by atoms with Crippen LogP contribution in [0.3, 0.4) is 0 Å². The van der Waals surface area contributed by atoms with E-state index in [2.05, 4.69) is 27.4 Å². The number of ether oxygens (including phenoxy) is 1. The summed E-state index contributed by atoms with van der Waals surface area (Å²) in [4.78, 5) is 0. The maximum Gasteiger partial charge on any atom is 0.127 e. The lowest BCUT2D eigenvalue weighted by atomic mass is 10.1. The van der Waals surface area contributed by atoms with Crippen molar-refractivity contribution in [2.24, 2.45) is 0 Å². The summed E-state index contributed by atoms with van der Waals surface area (Å²) in [6.07, 6.45) is 3.44. The Morgan fingerprint density at radius 3 is 2.41 bits per heavy atom. The summed E-state index contributed by atoms with van der Waals surface area (Å²) in [6, 6.07) is 18.2. The second kappa shape index (κ2) is 6.42. The summed E-state index contributed by atoms with van der Waals surface area (Å²) in [5.74, 6) is 1.80. The monoisotopic (exact) mass is 244 g/mol. The van der Waals surface area contributed by atoms with Crippen molar-refractivity contribution in [1.82, 2.24) is 0 Å². The fourth-order valence-corrected chi connectivity index (χ4v) is 1.90. The number of aryl methyl sites for hydroxylation is 1. The van der Waals surface area contributed by atoms with Gasteiger partial charge < -0.3 is 4.74 Å². The minimum atomic E-state index is 0.885. The minimum Gasteiger partial charge on any atom is -0.457 e. The van der Waals surface area contributed by atoms with Crippen LogP contribution in [0.4, 0.5) is 0 Å². The van der Waals surface area contributed by atoms with E-state index in [0.717, 1.165) is 24.1 Å². The van der Waals surface area contributed by atoms with Crippen LogP contribution >= 0.6 is 9.24 Å². The zero-order valence-corrected chi connectivity index (χ0v) is 11.0. The van der Waals surface area contributed by atoms with Gasteiger partial charge in [0.25, 0.3) is 0 Å². The van der Waals surface area contributed by atoms with Crippen LogP contribution in [-0.4, -0.2) is 6.16 Å². The molecule has 0 aliphatic carbocycles. The lowest BCUT2D eigenvalue weighted by Crippen LogP contribution is -1.88. The molecule has 2 heteroatoms. The maximum atomic E-state index is 5.79. The molecular formula is C15H17OP. The maximum absolute atomic E-state index is 5.79. The Labute approximate surface area is 105 Å². The average molecular weight is 244 g/mol. The zero-order valence-electron chi connectivity index (χ0n) is 9.80. The molecule has 0 heterocycles. The van der Waals surface area contributed by atoms with Crippen molar-refractivity contribution < 1.29 is 4.74 Å². The third kappa shape index (κ3) is 3.87. The van der Waals surface area contributed by atoms with E-state index in [1.807, 2.05) is 36.4 Å². The summed E-state index contributed by atoms with van der Waals surface area (Å²) in [5.41, 5.74) is 1.33. The molecule has 1 atom stereocenters. The molecule has 0 bridgehead atoms. The summed E-state index contributed by atoms with van der Waals surface area (Å²) in [6.45, 7) is 0. The van der Waals surface area contributed by atoms with E-state index in [0.29, 0.717) is 0 Å². The highest BCUT2D eigenvalue weighted by Gasteiger charge is 1.98. The molecule has 0 spiro atoms. The molecule has 88 valence electrons. The van der Waals surface area contributed by atoms with Gasteiger partial charge in [-0.15, -0.1) is 9.24 Å². The van der Waals surface area contributed by atoms with E-state index in [1.165, 1.54) is 12.0 Å². The van der Waals surface area contributed by atoms with Crippen molar-refractivity contribution in [1.29, 1.82) is 0 Å². The van der Waals surface area contributed by atoms with E-state index in [9.17, 15) is 0 Å². The minimum absolute atomic E-state index is 0.885. The number of benzene rings is 2. The van der Waals surface area contributed by atoms with Gasteiger partial charge in [-0.2, -0.15) is 0 Å². The predicted octanol–water partition coefficient (Wildman–Crippen LogP) is 4.29. The molecular weight excluding hydrogens is 227 g/mol. The molecule has 0 amide bonds. The largest absolute Gasteiger partial charge is 0.457 e. The van der Waals surface area contributed by atoms with E-state index in [1.54, 1.807) is 0 Å². The average Bonchev–Trinajstić information content (AvgIpc) is 2.38. The molecule has 0 N–H and O–H groups in total. The molecule has 2 rings (SSSR count). The van der Waals surface area contributed by atoms with Crippen molar-refractivity contribution in [3.8, 4) is 11.5 Å². The van der Waals surface area contributed by atoms with Gasteiger partial charge in [0.2, 0.25) is 0 Å². The molecule has 0 radical (unpaired) electrons. The zero-order chi connectivity index (χ0) is 11.9. The van der Waals surface area contributed by atoms with Crippen LogP contribution in [0, 0.1) is 0 Å². The van der Waals surface area contributed by atoms with Gasteiger partial charge in [-0.3, -0.25) is 0 Å². The van der Waals surface area contributed by atoms with Gasteiger partial charge in [0.05, 0.1) is 0 Å². The van der Waals surface area contributed by atoms with E-state index < -0.39 is 0 Å². The smallest absolute Gasteiger partial charge is 0.127 e. The molecule has 0 aliphatic rings. The van der Waals surface area contributed by atoms with Crippen LogP contribution in [0.2, 0.25) is 0 Å². The first-order valence-electron chi connectivity index (χ1n) is 5.90. The molecule has 1 unspecified atom stereocenters. The van der Waals surface area contributed by atoms with Crippen LogP contribution < -0.4 is 4.74 Å². The highest BCUT2D eigenvalue weighted by molar-refractivity contribution is 7.16. The summed E-state index contributed by atoms with van der Waals surface area (Å²) in [7, 11) is 2.76. The number of rotatable bonds is 5. The molecule has 0 aliphatic heterocycles. The third-order valence-corrected chi connectivity index (χ3v) is 2.96. The molecule has 0 aromatic heterocycles. The van der Waals surface area contributed by atoms with Crippen LogP contribution in [0.15, 0.2) is 54.6 Å². The Kier molecular flexibility index (Phi) is 4.58. The van der Waals surface area contributed by atoms with Crippen molar-refractivity contribution >= 4 is 9.24 Å². The van der Waals surface area contributed by atoms with Gasteiger partial charge in [-0.25, -0.2) is 0 Å². The predicted molar refractivity (Wildman–Crippen MR) is 75.9 cm³/mol. The van der Waals surface area contributed by atoms with E-state index >= 15 is 0 Å². The van der Waals surface area contributed by atoms with Gasteiger partial charge in [0.1, 0.15) is 11.5 Å². The van der Waals surface area contributed by atoms with E-state index in [4.69, 9.17) is 4.74 Å². The van der Waals surface area contributed by atoms with Gasteiger partial charge in [0, 0.05) is 0 Å². The molecule has 0 fully saturated rings. The van der Waals surface area contributed by atoms with Gasteiger partial charge in [-0.1, -0.05) is 30.3 Å². The van der Waals surface area contributed by atoms with Gasteiger partial charge in [0.15, 0.2) is 0 Å². The van der Waals surface area contributed by atoms with Crippen molar-refractivity contribution in [2.45, 2.75) is 12.8 Å². The van der Waals surface area contributed by atoms with Gasteiger partial charge in [-0.05, 0) is 48.8 Å². The molecule has 17 heavy (non-hydrogen) atoms. The van der Waals surface area contributed by atoms with Crippen molar-refractivity contribution in [3.05, 3.63) is 60.2 Å². The highest BCUT2D eigenvalue weighted by Crippen LogP contribution is 2.22. The fraction of sp³-hybridized carbons (Fsp3) is 0.200. The molecule has 2 aromatic rings. The molecule has 0 saturated heterocycles. The SMILES string of the molecule is PCCCc1cccc(Oc2ccccc2)c1. The molecule has 1 nitrogen and oxygen atoms in total. The highest BCUT2D eigenvalue weighted by atomic mass is 31.0. The van der Waals surface area contributed by atoms with Crippen LogP contribution in [0.5, 0.6) is 11.5 Å². The quantitative estimate of drug-likeness (QED) is 0.713. The standard InChI is InChI=1S/C15H17OP/c17-11-5-7-13-6-4-10-15(12-13)16-14-8-2-1-3-9-14/h1-4,6,8-10,12H,5,7,11,17H2. The number of para-hydroxylation sites is 1. The third-order valence-electron chi connectivity index (χ3n) is 2.55. The topological polar surface area (TPSA) is 9.23 Å². The normalized spacial score (nSPS) is 10.2. The van der Waals surface area contributed by atoms with Crippen LogP contribution in [-0.2, 0) is 6.42 Å².